The number of thiophene rings is 1. The molecule has 0 fully saturated rings. The van der Waals surface area contributed by atoms with Gasteiger partial charge in [-0.25, -0.2) is 4.79 Å². The van der Waals surface area contributed by atoms with Gasteiger partial charge in [-0.15, -0.1) is 11.3 Å². The predicted molar refractivity (Wildman–Crippen MR) is 82.5 cm³/mol. The van der Waals surface area contributed by atoms with Crippen molar-refractivity contribution >= 4 is 23.1 Å². The second-order valence-corrected chi connectivity index (χ2v) is 5.33. The first-order valence-electron chi connectivity index (χ1n) is 6.49. The number of nitrogens with one attached hydrogen (secondary N) is 2. The van der Waals surface area contributed by atoms with E-state index in [9.17, 15) is 4.79 Å². The molecule has 0 atom stereocenters. The number of rotatable bonds is 5. The van der Waals surface area contributed by atoms with Gasteiger partial charge in [0.25, 0.3) is 0 Å². The molecule has 0 bridgehead atoms. The molecule has 106 valence electrons. The summed E-state index contributed by atoms with van der Waals surface area (Å²) in [5, 5.41) is 7.66. The average molecular weight is 290 g/mol. The number of amides is 2. The minimum Gasteiger partial charge on any atom is -0.494 e. The molecule has 2 N–H and O–H groups in total. The summed E-state index contributed by atoms with van der Waals surface area (Å²) in [5.41, 5.74) is 1.76. The Balaban J connectivity index is 1.90. The summed E-state index contributed by atoms with van der Waals surface area (Å²) in [7, 11) is 0. The molecule has 20 heavy (non-hydrogen) atoms. The minimum absolute atomic E-state index is 0.203. The molecule has 4 nitrogen and oxygen atoms in total. The van der Waals surface area contributed by atoms with Crippen LogP contribution in [0.2, 0.25) is 0 Å². The standard InChI is InChI=1S/C15H18N2O2S/c1-3-19-12-6-7-14(11(2)9-12)17-15(18)16-10-13-5-4-8-20-13/h4-9H,3,10H2,1-2H3,(H2,16,17,18). The monoisotopic (exact) mass is 290 g/mol. The average Bonchev–Trinajstić information content (AvgIpc) is 2.93. The van der Waals surface area contributed by atoms with Crippen LogP contribution in [-0.4, -0.2) is 12.6 Å². The highest BCUT2D eigenvalue weighted by Gasteiger charge is 2.05. The Bertz CT molecular complexity index is 567. The summed E-state index contributed by atoms with van der Waals surface area (Å²) >= 11 is 1.62. The zero-order valence-corrected chi connectivity index (χ0v) is 12.4. The van der Waals surface area contributed by atoms with Crippen molar-refractivity contribution in [2.45, 2.75) is 20.4 Å². The Hall–Kier alpha value is -2.01. The van der Waals surface area contributed by atoms with Gasteiger partial charge in [0.05, 0.1) is 13.2 Å². The van der Waals surface area contributed by atoms with Gasteiger partial charge in [0.1, 0.15) is 5.75 Å². The van der Waals surface area contributed by atoms with Crippen LogP contribution in [0.5, 0.6) is 5.75 Å². The summed E-state index contributed by atoms with van der Waals surface area (Å²) in [5.74, 6) is 0.814. The van der Waals surface area contributed by atoms with Gasteiger partial charge < -0.3 is 15.4 Å². The van der Waals surface area contributed by atoms with Gasteiger partial charge in [0.2, 0.25) is 0 Å². The van der Waals surface area contributed by atoms with E-state index in [4.69, 9.17) is 4.74 Å². The molecule has 0 radical (unpaired) electrons. The van der Waals surface area contributed by atoms with Crippen molar-refractivity contribution in [2.24, 2.45) is 0 Å². The smallest absolute Gasteiger partial charge is 0.319 e. The fourth-order valence-corrected chi connectivity index (χ4v) is 2.42. The van der Waals surface area contributed by atoms with E-state index in [2.05, 4.69) is 10.6 Å². The summed E-state index contributed by atoms with van der Waals surface area (Å²) in [4.78, 5) is 12.9. The molecule has 2 amide bonds. The molecule has 0 aliphatic heterocycles. The van der Waals surface area contributed by atoms with Gasteiger partial charge in [0, 0.05) is 10.6 Å². The molecule has 1 heterocycles. The SMILES string of the molecule is CCOc1ccc(NC(=O)NCc2cccs2)c(C)c1. The van der Waals surface area contributed by atoms with E-state index in [1.165, 1.54) is 0 Å². The van der Waals surface area contributed by atoms with Crippen LogP contribution in [0.15, 0.2) is 35.7 Å². The molecule has 0 aliphatic carbocycles. The van der Waals surface area contributed by atoms with Crippen LogP contribution < -0.4 is 15.4 Å². The lowest BCUT2D eigenvalue weighted by molar-refractivity contribution is 0.252. The van der Waals surface area contributed by atoms with E-state index < -0.39 is 0 Å². The lowest BCUT2D eigenvalue weighted by atomic mass is 10.2. The highest BCUT2D eigenvalue weighted by Crippen LogP contribution is 2.21. The second kappa shape index (κ2) is 6.96. The lowest BCUT2D eigenvalue weighted by Gasteiger charge is -2.11. The zero-order chi connectivity index (χ0) is 14.4. The summed E-state index contributed by atoms with van der Waals surface area (Å²) in [6.07, 6.45) is 0. The van der Waals surface area contributed by atoms with E-state index >= 15 is 0 Å². The first-order valence-corrected chi connectivity index (χ1v) is 7.37. The number of hydrogen-bond acceptors (Lipinski definition) is 3. The summed E-state index contributed by atoms with van der Waals surface area (Å²) in [6.45, 7) is 5.06. The van der Waals surface area contributed by atoms with E-state index in [1.807, 2.05) is 49.6 Å². The maximum absolute atomic E-state index is 11.8. The van der Waals surface area contributed by atoms with Crippen molar-refractivity contribution in [3.8, 4) is 5.75 Å². The maximum Gasteiger partial charge on any atom is 0.319 e. The van der Waals surface area contributed by atoms with Crippen LogP contribution >= 0.6 is 11.3 Å². The number of hydrogen-bond donors (Lipinski definition) is 2. The van der Waals surface area contributed by atoms with Crippen LogP contribution in [0.25, 0.3) is 0 Å². The molecule has 2 aromatic rings. The molecule has 1 aromatic carbocycles. The molecular formula is C15H18N2O2S. The number of urea groups is 1. The van der Waals surface area contributed by atoms with E-state index in [-0.39, 0.29) is 6.03 Å². The Morgan fingerprint density at radius 1 is 1.35 bits per heavy atom. The van der Waals surface area contributed by atoms with Gasteiger partial charge in [0.15, 0.2) is 0 Å². The third-order valence-corrected chi connectivity index (χ3v) is 3.64. The number of anilines is 1. The first kappa shape index (κ1) is 14.4. The van der Waals surface area contributed by atoms with Gasteiger partial charge >= 0.3 is 6.03 Å². The number of aryl methyl sites for hydroxylation is 1. The third-order valence-electron chi connectivity index (χ3n) is 2.76. The zero-order valence-electron chi connectivity index (χ0n) is 11.6. The highest BCUT2D eigenvalue weighted by molar-refractivity contribution is 7.09. The molecule has 0 saturated carbocycles. The topological polar surface area (TPSA) is 50.4 Å². The normalized spacial score (nSPS) is 10.1. The minimum atomic E-state index is -0.203. The van der Waals surface area contributed by atoms with Crippen molar-refractivity contribution < 1.29 is 9.53 Å². The number of benzene rings is 1. The molecule has 0 aliphatic rings. The van der Waals surface area contributed by atoms with E-state index in [0.29, 0.717) is 13.2 Å². The first-order chi connectivity index (χ1) is 9.69. The van der Waals surface area contributed by atoms with Crippen molar-refractivity contribution in [3.63, 3.8) is 0 Å². The fourth-order valence-electron chi connectivity index (χ4n) is 1.78. The van der Waals surface area contributed by atoms with Crippen LogP contribution in [-0.2, 0) is 6.54 Å². The summed E-state index contributed by atoms with van der Waals surface area (Å²) in [6, 6.07) is 9.38. The molecule has 5 heteroatoms. The van der Waals surface area contributed by atoms with Crippen molar-refractivity contribution in [2.75, 3.05) is 11.9 Å². The van der Waals surface area contributed by atoms with Crippen LogP contribution in [0.1, 0.15) is 17.4 Å². The van der Waals surface area contributed by atoms with Crippen LogP contribution in [0.3, 0.4) is 0 Å². The van der Waals surface area contributed by atoms with Gasteiger partial charge in [-0.05, 0) is 49.1 Å². The highest BCUT2D eigenvalue weighted by atomic mass is 32.1. The molecule has 1 aromatic heterocycles. The molecule has 0 saturated heterocycles. The van der Waals surface area contributed by atoms with Crippen LogP contribution in [0, 0.1) is 6.92 Å². The van der Waals surface area contributed by atoms with Gasteiger partial charge in [-0.2, -0.15) is 0 Å². The van der Waals surface area contributed by atoms with Crippen molar-refractivity contribution in [1.82, 2.24) is 5.32 Å². The van der Waals surface area contributed by atoms with Gasteiger partial charge in [-0.1, -0.05) is 6.07 Å². The quantitative estimate of drug-likeness (QED) is 0.880. The number of carbonyl (C=O) groups is 1. The fraction of sp³-hybridized carbons (Fsp3) is 0.267. The van der Waals surface area contributed by atoms with Crippen molar-refractivity contribution in [1.29, 1.82) is 0 Å². The van der Waals surface area contributed by atoms with Gasteiger partial charge in [-0.3, -0.25) is 0 Å². The molecule has 0 spiro atoms. The largest absolute Gasteiger partial charge is 0.494 e. The van der Waals surface area contributed by atoms with Crippen LogP contribution in [0.4, 0.5) is 10.5 Å². The summed E-state index contributed by atoms with van der Waals surface area (Å²) < 4.78 is 5.42. The lowest BCUT2D eigenvalue weighted by Crippen LogP contribution is -2.28. The maximum atomic E-state index is 11.8. The Labute approximate surface area is 122 Å². The Morgan fingerprint density at radius 2 is 2.20 bits per heavy atom. The number of carbonyl (C=O) groups excluding carboxylic acids is 1. The second-order valence-electron chi connectivity index (χ2n) is 4.30. The van der Waals surface area contributed by atoms with E-state index in [0.717, 1.165) is 21.9 Å². The predicted octanol–water partition coefficient (Wildman–Crippen LogP) is 3.78. The Kier molecular flexibility index (Phi) is 5.01. The Morgan fingerprint density at radius 3 is 2.85 bits per heavy atom. The molecule has 0 unspecified atom stereocenters. The van der Waals surface area contributed by atoms with Crippen molar-refractivity contribution in [3.05, 3.63) is 46.2 Å². The molecule has 2 rings (SSSR count). The molecular weight excluding hydrogens is 272 g/mol. The van der Waals surface area contributed by atoms with E-state index in [1.54, 1.807) is 11.3 Å². The third kappa shape index (κ3) is 3.99. The number of ether oxygens (including phenoxy) is 1.